The predicted octanol–water partition coefficient (Wildman–Crippen LogP) is 15.3. The monoisotopic (exact) mass is 775 g/mol. The van der Waals surface area contributed by atoms with E-state index < -0.39 is 0 Å². The molecule has 0 atom stereocenters. The zero-order valence-corrected chi connectivity index (χ0v) is 32.8. The first kappa shape index (κ1) is 33.7. The summed E-state index contributed by atoms with van der Waals surface area (Å²) < 4.78 is 6.29. The Kier molecular flexibility index (Phi) is 7.27. The second-order valence-corrected chi connectivity index (χ2v) is 15.9. The minimum absolute atomic E-state index is 0.593. The van der Waals surface area contributed by atoms with Crippen molar-refractivity contribution < 1.29 is 4.42 Å². The molecule has 0 aliphatic heterocycles. The molecule has 0 saturated heterocycles. The molecule has 4 nitrogen and oxygen atoms in total. The Bertz CT molecular complexity index is 3850. The molecule has 0 aliphatic carbocycles. The van der Waals surface area contributed by atoms with Gasteiger partial charge in [-0.2, -0.15) is 0 Å². The van der Waals surface area contributed by atoms with Gasteiger partial charge in [-0.05, 0) is 106 Å². The summed E-state index contributed by atoms with van der Waals surface area (Å²) in [5.41, 5.74) is 6.70. The lowest BCUT2D eigenvalue weighted by Gasteiger charge is -2.18. The third-order valence-corrected chi connectivity index (χ3v) is 12.4. The Balaban J connectivity index is 1.07. The van der Waals surface area contributed by atoms with Gasteiger partial charge in [0.25, 0.3) is 0 Å². The Hall–Kier alpha value is -8.21. The highest BCUT2D eigenvalue weighted by Crippen LogP contribution is 2.45. The lowest BCUT2D eigenvalue weighted by atomic mass is 9.86. The molecule has 2 heterocycles. The molecular formula is C57H33N3O. The van der Waals surface area contributed by atoms with Crippen LogP contribution in [0, 0.1) is 0 Å². The number of rotatable bonds is 5. The fourth-order valence-corrected chi connectivity index (χ4v) is 9.65. The molecule has 0 saturated carbocycles. The normalized spacial score (nSPS) is 11.9. The highest BCUT2D eigenvalue weighted by molar-refractivity contribution is 6.37. The molecular weight excluding hydrogens is 743 g/mol. The highest BCUT2D eigenvalue weighted by atomic mass is 16.3. The smallest absolute Gasteiger partial charge is 0.164 e. The second kappa shape index (κ2) is 13.2. The van der Waals surface area contributed by atoms with Gasteiger partial charge in [-0.15, -0.1) is 0 Å². The van der Waals surface area contributed by atoms with Crippen LogP contribution in [0.4, 0.5) is 0 Å². The molecule has 0 radical (unpaired) electrons. The van der Waals surface area contributed by atoms with Crippen molar-refractivity contribution in [1.82, 2.24) is 15.0 Å². The van der Waals surface area contributed by atoms with Gasteiger partial charge < -0.3 is 4.42 Å². The van der Waals surface area contributed by atoms with Crippen molar-refractivity contribution in [2.24, 2.45) is 0 Å². The number of nitrogens with zero attached hydrogens (tertiary/aromatic N) is 3. The van der Waals surface area contributed by atoms with Crippen molar-refractivity contribution in [2.45, 2.75) is 0 Å². The average molecular weight is 776 g/mol. The fraction of sp³-hybridized carbons (Fsp3) is 0. The van der Waals surface area contributed by atoms with E-state index in [1.165, 1.54) is 64.6 Å². The maximum Gasteiger partial charge on any atom is 0.164 e. The minimum atomic E-state index is 0.593. The first-order valence-corrected chi connectivity index (χ1v) is 20.7. The van der Waals surface area contributed by atoms with E-state index in [0.29, 0.717) is 17.5 Å². The number of furan rings is 1. The highest BCUT2D eigenvalue weighted by Gasteiger charge is 2.20. The number of aromatic nitrogens is 3. The van der Waals surface area contributed by atoms with Crippen LogP contribution in [-0.4, -0.2) is 15.0 Å². The molecule has 11 aromatic carbocycles. The summed E-state index contributed by atoms with van der Waals surface area (Å²) in [6.07, 6.45) is 0. The molecule has 61 heavy (non-hydrogen) atoms. The Morgan fingerprint density at radius 3 is 1.49 bits per heavy atom. The van der Waals surface area contributed by atoms with Crippen LogP contribution in [0.15, 0.2) is 205 Å². The van der Waals surface area contributed by atoms with Crippen LogP contribution in [0.1, 0.15) is 0 Å². The van der Waals surface area contributed by atoms with Gasteiger partial charge in [-0.1, -0.05) is 170 Å². The van der Waals surface area contributed by atoms with Gasteiger partial charge in [0.05, 0.1) is 0 Å². The van der Waals surface area contributed by atoms with Crippen LogP contribution in [0.5, 0.6) is 0 Å². The fourth-order valence-electron chi connectivity index (χ4n) is 9.65. The molecule has 0 fully saturated rings. The molecule has 0 amide bonds. The maximum atomic E-state index is 6.29. The van der Waals surface area contributed by atoms with Crippen LogP contribution in [0.2, 0.25) is 0 Å². The summed E-state index contributed by atoms with van der Waals surface area (Å²) >= 11 is 0. The van der Waals surface area contributed by atoms with Gasteiger partial charge in [-0.25, -0.2) is 15.0 Å². The van der Waals surface area contributed by atoms with E-state index in [1.807, 2.05) is 42.5 Å². The van der Waals surface area contributed by atoms with E-state index in [0.717, 1.165) is 50.1 Å². The SMILES string of the molecule is c1ccc(-c2nc(-c3cccc(-c4cc5ccccc5o4)c3)nc(-c3ccccc3-c3cc4ccc5cccc6c7cccc8ccc9cccc(c(c3)c4c56)c9c87)n2)cc1. The summed E-state index contributed by atoms with van der Waals surface area (Å²) in [5.74, 6) is 2.62. The molecule has 13 rings (SSSR count). The molecule has 13 aromatic rings. The number of benzene rings is 10. The molecule has 0 aliphatic rings. The van der Waals surface area contributed by atoms with Crippen LogP contribution < -0.4 is 0 Å². The summed E-state index contributed by atoms with van der Waals surface area (Å²) in [6.45, 7) is 0. The Morgan fingerprint density at radius 1 is 0.279 bits per heavy atom. The van der Waals surface area contributed by atoms with Crippen LogP contribution in [0.3, 0.4) is 0 Å². The predicted molar refractivity (Wildman–Crippen MR) is 253 cm³/mol. The number of hydrogen-bond donors (Lipinski definition) is 0. The number of hydrogen-bond acceptors (Lipinski definition) is 4. The Morgan fingerprint density at radius 2 is 0.787 bits per heavy atom. The molecule has 282 valence electrons. The van der Waals surface area contributed by atoms with Gasteiger partial charge in [0, 0.05) is 27.6 Å². The van der Waals surface area contributed by atoms with Crippen molar-refractivity contribution >= 4 is 75.6 Å². The zero-order valence-electron chi connectivity index (χ0n) is 32.8. The third kappa shape index (κ3) is 5.29. The lowest BCUT2D eigenvalue weighted by molar-refractivity contribution is 0.631. The maximum absolute atomic E-state index is 6.29. The van der Waals surface area contributed by atoms with Crippen molar-refractivity contribution in [3.05, 3.63) is 200 Å². The molecule has 0 spiro atoms. The summed E-state index contributed by atoms with van der Waals surface area (Å²) in [7, 11) is 0. The van der Waals surface area contributed by atoms with Crippen LogP contribution in [0.25, 0.3) is 132 Å². The quantitative estimate of drug-likeness (QED) is 0.163. The molecule has 0 N–H and O–H groups in total. The standard InChI is InChI=1S/C57H33N3O/c1-2-12-37(13-3-1)55-58-56(41-19-8-18-38(30-41)50-33-39-14-4-7-25-49(39)61-50)60-57(59-55)47-21-6-5-20-43(47)42-31-40-29-28-36-16-10-23-45-44-22-9-15-34-26-27-35-17-11-24-46(53(35)51(34)44)48(32-42)54(40)52(36)45/h1-33H. The molecule has 2 aromatic heterocycles. The first-order valence-electron chi connectivity index (χ1n) is 20.7. The zero-order chi connectivity index (χ0) is 40.0. The van der Waals surface area contributed by atoms with Crippen LogP contribution in [-0.2, 0) is 0 Å². The Labute approximate surface area is 350 Å². The van der Waals surface area contributed by atoms with E-state index in [1.54, 1.807) is 0 Å². The van der Waals surface area contributed by atoms with Gasteiger partial charge in [0.15, 0.2) is 17.5 Å². The van der Waals surface area contributed by atoms with E-state index in [4.69, 9.17) is 19.4 Å². The minimum Gasteiger partial charge on any atom is -0.456 e. The van der Waals surface area contributed by atoms with E-state index >= 15 is 0 Å². The molecule has 0 unspecified atom stereocenters. The van der Waals surface area contributed by atoms with E-state index in [2.05, 4.69) is 158 Å². The lowest BCUT2D eigenvalue weighted by Crippen LogP contribution is -2.01. The average Bonchev–Trinajstić information content (AvgIpc) is 3.77. The van der Waals surface area contributed by atoms with Crippen molar-refractivity contribution in [1.29, 1.82) is 0 Å². The number of para-hydroxylation sites is 1. The van der Waals surface area contributed by atoms with Crippen molar-refractivity contribution in [3.63, 3.8) is 0 Å². The largest absolute Gasteiger partial charge is 0.456 e. The van der Waals surface area contributed by atoms with E-state index in [9.17, 15) is 0 Å². The molecule has 4 heteroatoms. The summed E-state index contributed by atoms with van der Waals surface area (Å²) in [6, 6.07) is 71.2. The summed E-state index contributed by atoms with van der Waals surface area (Å²) in [4.78, 5) is 15.6. The van der Waals surface area contributed by atoms with E-state index in [-0.39, 0.29) is 0 Å². The topological polar surface area (TPSA) is 51.8 Å². The van der Waals surface area contributed by atoms with Crippen molar-refractivity contribution in [2.75, 3.05) is 0 Å². The second-order valence-electron chi connectivity index (χ2n) is 15.9. The van der Waals surface area contributed by atoms with Gasteiger partial charge in [-0.3, -0.25) is 0 Å². The summed E-state index contributed by atoms with van der Waals surface area (Å²) in [5, 5.41) is 16.1. The van der Waals surface area contributed by atoms with Gasteiger partial charge in [0.2, 0.25) is 0 Å². The molecule has 0 bridgehead atoms. The first-order chi connectivity index (χ1) is 30.2. The van der Waals surface area contributed by atoms with Gasteiger partial charge >= 0.3 is 0 Å². The third-order valence-electron chi connectivity index (χ3n) is 12.4. The number of fused-ring (bicyclic) bond motifs is 3. The van der Waals surface area contributed by atoms with Crippen LogP contribution >= 0.6 is 0 Å². The van der Waals surface area contributed by atoms with Gasteiger partial charge in [0.1, 0.15) is 11.3 Å². The van der Waals surface area contributed by atoms with Crippen molar-refractivity contribution in [3.8, 4) is 56.6 Å².